The number of carbonyl (C=O) groups excluding carboxylic acids is 1. The predicted octanol–water partition coefficient (Wildman–Crippen LogP) is 2.99. The molecule has 0 saturated heterocycles. The minimum Gasteiger partial charge on any atom is -0.321 e. The van der Waals surface area contributed by atoms with Gasteiger partial charge in [0.1, 0.15) is 0 Å². The molecule has 7 nitrogen and oxygen atoms in total. The van der Waals surface area contributed by atoms with Crippen LogP contribution in [-0.4, -0.2) is 20.0 Å². The first-order chi connectivity index (χ1) is 14.0. The number of rotatable bonds is 3. The average Bonchev–Trinajstić information content (AvgIpc) is 2.74. The summed E-state index contributed by atoms with van der Waals surface area (Å²) in [5.74, 6) is -0.466. The molecule has 2 heterocycles. The number of hydrogen-bond acceptors (Lipinski definition) is 4. The molecule has 0 unspecified atom stereocenters. The van der Waals surface area contributed by atoms with E-state index in [4.69, 9.17) is 11.6 Å². The largest absolute Gasteiger partial charge is 0.337 e. The van der Waals surface area contributed by atoms with Crippen molar-refractivity contribution in [3.8, 4) is 5.69 Å². The van der Waals surface area contributed by atoms with Crippen molar-refractivity contribution in [1.82, 2.24) is 14.1 Å². The topological polar surface area (TPSA) is 86.0 Å². The second-order valence-corrected chi connectivity index (χ2v) is 6.75. The van der Waals surface area contributed by atoms with E-state index in [0.717, 1.165) is 4.57 Å². The number of pyridine rings is 1. The van der Waals surface area contributed by atoms with E-state index in [1.807, 2.05) is 6.07 Å². The Balaban J connectivity index is 1.87. The quantitative estimate of drug-likeness (QED) is 0.566. The molecule has 0 radical (unpaired) electrons. The molecule has 0 aliphatic rings. The van der Waals surface area contributed by atoms with Crippen LogP contribution in [0.25, 0.3) is 16.7 Å². The van der Waals surface area contributed by atoms with Gasteiger partial charge in [-0.05, 0) is 30.3 Å². The van der Waals surface area contributed by atoms with E-state index >= 15 is 0 Å². The van der Waals surface area contributed by atoms with Crippen molar-refractivity contribution in [2.45, 2.75) is 0 Å². The third-order valence-corrected chi connectivity index (χ3v) is 4.82. The number of amides is 1. The average molecular weight is 407 g/mol. The molecular formula is C21H15ClN4O3. The second-order valence-electron chi connectivity index (χ2n) is 6.35. The SMILES string of the molecule is Cn1c(=O)c2cc(C(=O)Nc3ccccc3Cl)cnc2n(-c2ccccc2)c1=O. The zero-order chi connectivity index (χ0) is 20.5. The molecule has 144 valence electrons. The molecule has 0 fully saturated rings. The number of benzene rings is 2. The lowest BCUT2D eigenvalue weighted by molar-refractivity contribution is 0.102. The molecule has 4 rings (SSSR count). The maximum atomic E-state index is 12.7. The first-order valence-electron chi connectivity index (χ1n) is 8.70. The number of nitrogens with zero attached hydrogens (tertiary/aromatic N) is 3. The van der Waals surface area contributed by atoms with Crippen LogP contribution in [0, 0.1) is 0 Å². The number of para-hydroxylation sites is 2. The predicted molar refractivity (Wildman–Crippen MR) is 112 cm³/mol. The number of nitrogens with one attached hydrogen (secondary N) is 1. The second kappa shape index (κ2) is 7.37. The highest BCUT2D eigenvalue weighted by Crippen LogP contribution is 2.21. The molecule has 1 amide bonds. The Morgan fingerprint density at radius 1 is 1.03 bits per heavy atom. The van der Waals surface area contributed by atoms with Gasteiger partial charge >= 0.3 is 5.69 Å². The van der Waals surface area contributed by atoms with E-state index in [9.17, 15) is 14.4 Å². The standard InChI is InChI=1S/C21H15ClN4O3/c1-25-20(28)15-11-13(19(27)24-17-10-6-5-9-16(17)22)12-23-18(15)26(21(25)29)14-7-3-2-4-8-14/h2-12H,1H3,(H,24,27). The van der Waals surface area contributed by atoms with Crippen molar-refractivity contribution in [2.24, 2.45) is 7.05 Å². The van der Waals surface area contributed by atoms with E-state index in [1.54, 1.807) is 48.5 Å². The number of carbonyl (C=O) groups is 1. The van der Waals surface area contributed by atoms with Gasteiger partial charge in [0.2, 0.25) is 0 Å². The molecule has 2 aromatic carbocycles. The molecule has 0 atom stereocenters. The fourth-order valence-corrected chi connectivity index (χ4v) is 3.18. The van der Waals surface area contributed by atoms with Gasteiger partial charge in [0.05, 0.1) is 27.3 Å². The van der Waals surface area contributed by atoms with Gasteiger partial charge in [-0.3, -0.25) is 14.2 Å². The lowest BCUT2D eigenvalue weighted by atomic mass is 10.2. The van der Waals surface area contributed by atoms with Crippen LogP contribution in [0.3, 0.4) is 0 Å². The number of anilines is 1. The first kappa shape index (κ1) is 18.6. The Kier molecular flexibility index (Phi) is 4.74. The van der Waals surface area contributed by atoms with Crippen molar-refractivity contribution in [3.05, 3.63) is 98.3 Å². The number of halogens is 1. The van der Waals surface area contributed by atoms with Gasteiger partial charge in [-0.25, -0.2) is 14.3 Å². The van der Waals surface area contributed by atoms with Gasteiger partial charge in [-0.2, -0.15) is 0 Å². The molecule has 2 aromatic heterocycles. The summed E-state index contributed by atoms with van der Waals surface area (Å²) >= 11 is 6.08. The Labute approximate surface area is 169 Å². The molecular weight excluding hydrogens is 392 g/mol. The van der Waals surface area contributed by atoms with Crippen molar-refractivity contribution >= 4 is 34.2 Å². The molecule has 29 heavy (non-hydrogen) atoms. The summed E-state index contributed by atoms with van der Waals surface area (Å²) in [4.78, 5) is 42.3. The molecule has 8 heteroatoms. The lowest BCUT2D eigenvalue weighted by Crippen LogP contribution is -2.38. The highest BCUT2D eigenvalue weighted by atomic mass is 35.5. The van der Waals surface area contributed by atoms with Crippen LogP contribution >= 0.6 is 11.6 Å². The first-order valence-corrected chi connectivity index (χ1v) is 9.08. The Bertz CT molecular complexity index is 1360. The van der Waals surface area contributed by atoms with E-state index in [1.165, 1.54) is 23.9 Å². The van der Waals surface area contributed by atoms with Gasteiger partial charge in [-0.15, -0.1) is 0 Å². The number of fused-ring (bicyclic) bond motifs is 1. The maximum Gasteiger partial charge on any atom is 0.337 e. The summed E-state index contributed by atoms with van der Waals surface area (Å²) < 4.78 is 2.33. The Morgan fingerprint density at radius 3 is 2.45 bits per heavy atom. The van der Waals surface area contributed by atoms with Crippen LogP contribution in [0.1, 0.15) is 10.4 Å². The van der Waals surface area contributed by atoms with Crippen LogP contribution < -0.4 is 16.6 Å². The number of aromatic nitrogens is 3. The van der Waals surface area contributed by atoms with Crippen LogP contribution in [0.15, 0.2) is 76.4 Å². The van der Waals surface area contributed by atoms with E-state index < -0.39 is 17.2 Å². The van der Waals surface area contributed by atoms with Crippen LogP contribution in [0.2, 0.25) is 5.02 Å². The molecule has 4 aromatic rings. The minimum atomic E-state index is -0.530. The zero-order valence-electron chi connectivity index (χ0n) is 15.3. The van der Waals surface area contributed by atoms with Gasteiger partial charge in [-0.1, -0.05) is 41.9 Å². The summed E-state index contributed by atoms with van der Waals surface area (Å²) in [6, 6.07) is 17.1. The normalized spacial score (nSPS) is 10.8. The van der Waals surface area contributed by atoms with E-state index in [-0.39, 0.29) is 16.6 Å². The summed E-state index contributed by atoms with van der Waals surface area (Å²) in [7, 11) is 1.39. The maximum absolute atomic E-state index is 12.7. The molecule has 0 aliphatic carbocycles. The van der Waals surface area contributed by atoms with Crippen LogP contribution in [0.5, 0.6) is 0 Å². The molecule has 0 aliphatic heterocycles. The van der Waals surface area contributed by atoms with Gasteiger partial charge in [0, 0.05) is 13.2 Å². The van der Waals surface area contributed by atoms with Crippen molar-refractivity contribution in [2.75, 3.05) is 5.32 Å². The molecule has 1 N–H and O–H groups in total. The third kappa shape index (κ3) is 3.32. The molecule has 0 saturated carbocycles. The Hall–Kier alpha value is -3.71. The third-order valence-electron chi connectivity index (χ3n) is 4.49. The van der Waals surface area contributed by atoms with E-state index in [0.29, 0.717) is 16.4 Å². The van der Waals surface area contributed by atoms with Crippen molar-refractivity contribution in [1.29, 1.82) is 0 Å². The van der Waals surface area contributed by atoms with E-state index in [2.05, 4.69) is 10.3 Å². The van der Waals surface area contributed by atoms with Gasteiger partial charge in [0.25, 0.3) is 11.5 Å². The summed E-state index contributed by atoms with van der Waals surface area (Å²) in [5, 5.41) is 3.24. The smallest absolute Gasteiger partial charge is 0.321 e. The minimum absolute atomic E-state index is 0.155. The zero-order valence-corrected chi connectivity index (χ0v) is 16.1. The summed E-state index contributed by atoms with van der Waals surface area (Å²) in [6.07, 6.45) is 1.33. The van der Waals surface area contributed by atoms with Crippen LogP contribution in [0.4, 0.5) is 5.69 Å². The molecule has 0 bridgehead atoms. The monoisotopic (exact) mass is 406 g/mol. The highest BCUT2D eigenvalue weighted by Gasteiger charge is 2.16. The molecule has 0 spiro atoms. The summed E-state index contributed by atoms with van der Waals surface area (Å²) in [5.41, 5.74) is 0.318. The Morgan fingerprint density at radius 2 is 1.72 bits per heavy atom. The highest BCUT2D eigenvalue weighted by molar-refractivity contribution is 6.33. The van der Waals surface area contributed by atoms with Gasteiger partial charge in [0.15, 0.2) is 5.65 Å². The number of hydrogen-bond donors (Lipinski definition) is 1. The van der Waals surface area contributed by atoms with Crippen LogP contribution in [-0.2, 0) is 7.05 Å². The fraction of sp³-hybridized carbons (Fsp3) is 0.0476. The van der Waals surface area contributed by atoms with Crippen molar-refractivity contribution in [3.63, 3.8) is 0 Å². The fourth-order valence-electron chi connectivity index (χ4n) is 2.99. The van der Waals surface area contributed by atoms with Crippen molar-refractivity contribution < 1.29 is 4.79 Å². The van der Waals surface area contributed by atoms with Gasteiger partial charge < -0.3 is 5.32 Å². The lowest BCUT2D eigenvalue weighted by Gasteiger charge is -2.12. The summed E-state index contributed by atoms with van der Waals surface area (Å²) in [6.45, 7) is 0.